The Kier molecular flexibility index (Phi) is 4.54. The number of amides is 1. The fourth-order valence-electron chi connectivity index (χ4n) is 4.72. The van der Waals surface area contributed by atoms with E-state index in [4.69, 9.17) is 4.74 Å². The first-order valence-electron chi connectivity index (χ1n) is 9.12. The second-order valence-electron chi connectivity index (χ2n) is 8.04. The van der Waals surface area contributed by atoms with E-state index in [1.165, 1.54) is 17.4 Å². The molecule has 1 saturated carbocycles. The van der Waals surface area contributed by atoms with E-state index in [1.807, 2.05) is 0 Å². The molecule has 8 heteroatoms. The van der Waals surface area contributed by atoms with Crippen LogP contribution in [0.2, 0.25) is 0 Å². The van der Waals surface area contributed by atoms with E-state index in [0.29, 0.717) is 23.1 Å². The van der Waals surface area contributed by atoms with Crippen LogP contribution in [0.5, 0.6) is 0 Å². The van der Waals surface area contributed by atoms with Crippen LogP contribution in [0.25, 0.3) is 10.6 Å². The first-order chi connectivity index (χ1) is 13.1. The molecule has 1 aliphatic heterocycles. The number of carbonyl (C=O) groups excluding carboxylic acids is 1. The van der Waals surface area contributed by atoms with Gasteiger partial charge in [-0.1, -0.05) is 26.0 Å². The molecule has 1 saturated heterocycles. The molecule has 2 heterocycles. The van der Waals surface area contributed by atoms with Gasteiger partial charge in [0.2, 0.25) is 0 Å². The summed E-state index contributed by atoms with van der Waals surface area (Å²) in [7, 11) is 1.77. The number of hydrogen-bond acceptors (Lipinski definition) is 4. The number of hydrogen-bond donors (Lipinski definition) is 0. The summed E-state index contributed by atoms with van der Waals surface area (Å²) < 4.78 is 44.6. The van der Waals surface area contributed by atoms with Crippen LogP contribution >= 0.6 is 11.3 Å². The summed E-state index contributed by atoms with van der Waals surface area (Å²) >= 11 is 1.17. The van der Waals surface area contributed by atoms with Gasteiger partial charge in [0.25, 0.3) is 5.91 Å². The third-order valence-corrected chi connectivity index (χ3v) is 6.83. The van der Waals surface area contributed by atoms with Gasteiger partial charge in [-0.25, -0.2) is 4.98 Å². The van der Waals surface area contributed by atoms with Gasteiger partial charge in [-0.05, 0) is 18.6 Å². The zero-order chi connectivity index (χ0) is 20.3. The molecule has 28 heavy (non-hydrogen) atoms. The van der Waals surface area contributed by atoms with Crippen LogP contribution in [0.15, 0.2) is 29.6 Å². The maximum atomic E-state index is 13.0. The van der Waals surface area contributed by atoms with Crippen molar-refractivity contribution in [2.75, 3.05) is 13.7 Å². The molecule has 4 nitrogen and oxygen atoms in total. The highest BCUT2D eigenvalue weighted by Gasteiger charge is 2.61. The lowest BCUT2D eigenvalue weighted by Crippen LogP contribution is -2.66. The van der Waals surface area contributed by atoms with Crippen molar-refractivity contribution >= 4 is 17.2 Å². The minimum atomic E-state index is -4.41. The van der Waals surface area contributed by atoms with Gasteiger partial charge in [-0.2, -0.15) is 13.2 Å². The predicted octanol–water partition coefficient (Wildman–Crippen LogP) is 4.71. The van der Waals surface area contributed by atoms with Gasteiger partial charge in [-0.15, -0.1) is 11.3 Å². The zero-order valence-electron chi connectivity index (χ0n) is 15.8. The van der Waals surface area contributed by atoms with Gasteiger partial charge in [0, 0.05) is 42.0 Å². The molecule has 1 aromatic heterocycles. The van der Waals surface area contributed by atoms with Crippen molar-refractivity contribution in [3.05, 3.63) is 40.9 Å². The summed E-state index contributed by atoms with van der Waals surface area (Å²) in [6, 6.07) is 5.07. The molecule has 2 fully saturated rings. The van der Waals surface area contributed by atoms with Gasteiger partial charge in [0.1, 0.15) is 10.7 Å². The standard InChI is InChI=1S/C20H21F3N2O2S/c1-19(2)15(13-7-8-27-16(13)19)25(3)18(26)14-10-28-17(24-14)11-5-4-6-12(9-11)20(21,22)23/h4-6,9-10,13,15-16H,7-8H2,1-3H3/t13-,15-,16-/m1/s1. The molecule has 0 spiro atoms. The lowest BCUT2D eigenvalue weighted by molar-refractivity contribution is -0.139. The molecule has 3 atom stereocenters. The molecule has 1 aromatic carbocycles. The van der Waals surface area contributed by atoms with Crippen LogP contribution in [0.4, 0.5) is 13.2 Å². The molecule has 0 bridgehead atoms. The largest absolute Gasteiger partial charge is 0.416 e. The van der Waals surface area contributed by atoms with Crippen LogP contribution in [0.3, 0.4) is 0 Å². The van der Waals surface area contributed by atoms with Gasteiger partial charge in [0.05, 0.1) is 11.7 Å². The number of benzene rings is 1. The Labute approximate surface area is 165 Å². The molecule has 150 valence electrons. The van der Waals surface area contributed by atoms with Crippen molar-refractivity contribution in [3.8, 4) is 10.6 Å². The third kappa shape index (κ3) is 3.03. The summed E-state index contributed by atoms with van der Waals surface area (Å²) in [6.07, 6.45) is -3.31. The van der Waals surface area contributed by atoms with Gasteiger partial charge < -0.3 is 9.64 Å². The van der Waals surface area contributed by atoms with E-state index >= 15 is 0 Å². The number of rotatable bonds is 3. The van der Waals surface area contributed by atoms with Gasteiger partial charge >= 0.3 is 6.18 Å². The van der Waals surface area contributed by atoms with E-state index < -0.39 is 11.7 Å². The van der Waals surface area contributed by atoms with Crippen LogP contribution in [-0.4, -0.2) is 41.6 Å². The van der Waals surface area contributed by atoms with E-state index in [9.17, 15) is 18.0 Å². The van der Waals surface area contributed by atoms with Crippen molar-refractivity contribution in [3.63, 3.8) is 0 Å². The molecule has 4 rings (SSSR count). The number of halogens is 3. The van der Waals surface area contributed by atoms with Crippen LogP contribution in [0, 0.1) is 11.3 Å². The van der Waals surface area contributed by atoms with E-state index in [-0.39, 0.29) is 29.2 Å². The quantitative estimate of drug-likeness (QED) is 0.736. The van der Waals surface area contributed by atoms with E-state index in [2.05, 4.69) is 18.8 Å². The smallest absolute Gasteiger partial charge is 0.377 e. The van der Waals surface area contributed by atoms with Gasteiger partial charge in [0.15, 0.2) is 0 Å². The molecule has 0 N–H and O–H groups in total. The predicted molar refractivity (Wildman–Crippen MR) is 100 cm³/mol. The molecule has 1 amide bonds. The van der Waals surface area contributed by atoms with Crippen molar-refractivity contribution in [2.24, 2.45) is 11.3 Å². The minimum Gasteiger partial charge on any atom is -0.377 e. The number of aromatic nitrogens is 1. The highest BCUT2D eigenvalue weighted by Crippen LogP contribution is 2.54. The highest BCUT2D eigenvalue weighted by atomic mass is 32.1. The fourth-order valence-corrected chi connectivity index (χ4v) is 5.51. The van der Waals surface area contributed by atoms with Crippen LogP contribution < -0.4 is 0 Å². The van der Waals surface area contributed by atoms with E-state index in [0.717, 1.165) is 18.6 Å². The molecule has 0 unspecified atom stereocenters. The first kappa shape index (κ1) is 19.4. The lowest BCUT2D eigenvalue weighted by atomic mass is 9.57. The number of alkyl halides is 3. The molecule has 2 aliphatic rings. The third-order valence-electron chi connectivity index (χ3n) is 5.94. The lowest BCUT2D eigenvalue weighted by Gasteiger charge is -2.57. The van der Waals surface area contributed by atoms with Crippen molar-refractivity contribution in [2.45, 2.75) is 38.6 Å². The highest BCUT2D eigenvalue weighted by molar-refractivity contribution is 7.13. The first-order valence-corrected chi connectivity index (χ1v) is 10.0. The summed E-state index contributed by atoms with van der Waals surface area (Å²) in [5.41, 5.74) is -0.243. The molecule has 0 radical (unpaired) electrons. The summed E-state index contributed by atoms with van der Waals surface area (Å²) in [5, 5.41) is 2.01. The number of ether oxygens (including phenoxy) is 1. The minimum absolute atomic E-state index is 0.0613. The zero-order valence-corrected chi connectivity index (χ0v) is 16.6. The number of carbonyl (C=O) groups is 1. The topological polar surface area (TPSA) is 42.4 Å². The molecular formula is C20H21F3N2O2S. The number of nitrogens with zero attached hydrogens (tertiary/aromatic N) is 2. The maximum Gasteiger partial charge on any atom is 0.416 e. The maximum absolute atomic E-state index is 13.0. The SMILES string of the molecule is CN(C(=O)c1csc(-c2cccc(C(F)(F)F)c2)n1)[C@@H]1[C@H]2CCO[C@H]2C1(C)C. The Morgan fingerprint density at radius 2 is 2.11 bits per heavy atom. The monoisotopic (exact) mass is 410 g/mol. The molecule has 2 aromatic rings. The van der Waals surface area contributed by atoms with Crippen LogP contribution in [-0.2, 0) is 10.9 Å². The summed E-state index contributed by atoms with van der Waals surface area (Å²) in [5.74, 6) is 0.114. The van der Waals surface area contributed by atoms with Crippen molar-refractivity contribution in [1.82, 2.24) is 9.88 Å². The Morgan fingerprint density at radius 3 is 2.82 bits per heavy atom. The summed E-state index contributed by atoms with van der Waals surface area (Å²) in [6.45, 7) is 4.92. The average Bonchev–Trinajstić information content (AvgIpc) is 3.28. The van der Waals surface area contributed by atoms with E-state index in [1.54, 1.807) is 23.4 Å². The Balaban J connectivity index is 1.55. The molecule has 1 aliphatic carbocycles. The summed E-state index contributed by atoms with van der Waals surface area (Å²) in [4.78, 5) is 19.0. The number of thiazole rings is 1. The second kappa shape index (κ2) is 6.56. The normalized spacial score (nSPS) is 25.9. The van der Waals surface area contributed by atoms with Gasteiger partial charge in [-0.3, -0.25) is 4.79 Å². The number of fused-ring (bicyclic) bond motifs is 1. The van der Waals surface area contributed by atoms with Crippen molar-refractivity contribution < 1.29 is 22.7 Å². The Hall–Kier alpha value is -1.93. The Bertz CT molecular complexity index is 909. The average molecular weight is 410 g/mol. The second-order valence-corrected chi connectivity index (χ2v) is 8.90. The molecular weight excluding hydrogens is 389 g/mol. The fraction of sp³-hybridized carbons (Fsp3) is 0.500. The van der Waals surface area contributed by atoms with Crippen LogP contribution in [0.1, 0.15) is 36.3 Å². The Morgan fingerprint density at radius 1 is 1.36 bits per heavy atom. The van der Waals surface area contributed by atoms with Crippen molar-refractivity contribution in [1.29, 1.82) is 0 Å².